The first-order valence-corrected chi connectivity index (χ1v) is 4.14. The van der Waals surface area contributed by atoms with Crippen molar-refractivity contribution in [2.24, 2.45) is 0 Å². The van der Waals surface area contributed by atoms with E-state index in [1.807, 2.05) is 17.7 Å². The number of aromatic nitrogens is 1. The van der Waals surface area contributed by atoms with Crippen molar-refractivity contribution in [2.75, 3.05) is 0 Å². The van der Waals surface area contributed by atoms with Gasteiger partial charge >= 0.3 is 0 Å². The van der Waals surface area contributed by atoms with E-state index in [9.17, 15) is 0 Å². The lowest BCUT2D eigenvalue weighted by Crippen LogP contribution is -2.35. The molecule has 0 aliphatic heterocycles. The molecule has 2 nitrogen and oxygen atoms in total. The van der Waals surface area contributed by atoms with Crippen LogP contribution in [0.5, 0.6) is 0 Å². The van der Waals surface area contributed by atoms with Crippen molar-refractivity contribution in [3.05, 3.63) is 29.6 Å². The first-order chi connectivity index (χ1) is 5.77. The minimum atomic E-state index is 0.440. The maximum absolute atomic E-state index is 8.50. The molecule has 0 amide bonds. The summed E-state index contributed by atoms with van der Waals surface area (Å²) in [5, 5.41) is 8.50. The van der Waals surface area contributed by atoms with E-state index in [-0.39, 0.29) is 0 Å². The minimum Gasteiger partial charge on any atom is -0.191 e. The zero-order chi connectivity index (χ0) is 8.97. The van der Waals surface area contributed by atoms with E-state index in [2.05, 4.69) is 25.1 Å². The molecule has 0 saturated heterocycles. The number of aryl methyl sites for hydroxylation is 2. The molecule has 2 heteroatoms. The lowest BCUT2D eigenvalue weighted by molar-refractivity contribution is -0.691. The largest absolute Gasteiger partial charge is 0.234 e. The molecule has 0 bridgehead atoms. The summed E-state index contributed by atoms with van der Waals surface area (Å²) in [5.74, 6) is 0. The van der Waals surface area contributed by atoms with Gasteiger partial charge in [-0.15, -0.1) is 0 Å². The van der Waals surface area contributed by atoms with Crippen LogP contribution in [0.15, 0.2) is 18.3 Å². The first kappa shape index (κ1) is 8.73. The Morgan fingerprint density at radius 3 is 2.83 bits per heavy atom. The zero-order valence-electron chi connectivity index (χ0n) is 7.54. The lowest BCUT2D eigenvalue weighted by Gasteiger charge is -1.97. The average Bonchev–Trinajstić information content (AvgIpc) is 2.09. The van der Waals surface area contributed by atoms with Crippen molar-refractivity contribution in [1.82, 2.24) is 0 Å². The summed E-state index contributed by atoms with van der Waals surface area (Å²) >= 11 is 0. The van der Waals surface area contributed by atoms with E-state index >= 15 is 0 Å². The first-order valence-electron chi connectivity index (χ1n) is 4.14. The molecule has 0 N–H and O–H groups in total. The highest BCUT2D eigenvalue weighted by Crippen LogP contribution is 1.99. The van der Waals surface area contributed by atoms with Gasteiger partial charge in [-0.1, -0.05) is 6.92 Å². The topological polar surface area (TPSA) is 27.7 Å². The van der Waals surface area contributed by atoms with Gasteiger partial charge in [0.1, 0.15) is 6.07 Å². The smallest absolute Gasteiger partial charge is 0.191 e. The molecular weight excluding hydrogens is 148 g/mol. The molecule has 1 aromatic heterocycles. The fraction of sp³-hybridized carbons (Fsp3) is 0.400. The third-order valence-electron chi connectivity index (χ3n) is 1.97. The normalized spacial score (nSPS) is 9.42. The summed E-state index contributed by atoms with van der Waals surface area (Å²) in [5.41, 5.74) is 2.47. The number of hydrogen-bond acceptors (Lipinski definition) is 1. The third kappa shape index (κ3) is 1.82. The molecule has 0 atom stereocenters. The van der Waals surface area contributed by atoms with Gasteiger partial charge < -0.3 is 0 Å². The van der Waals surface area contributed by atoms with E-state index in [0.29, 0.717) is 6.54 Å². The predicted octanol–water partition coefficient (Wildman–Crippen LogP) is 1.37. The van der Waals surface area contributed by atoms with E-state index in [0.717, 1.165) is 12.1 Å². The van der Waals surface area contributed by atoms with Crippen LogP contribution in [0.3, 0.4) is 0 Å². The van der Waals surface area contributed by atoms with E-state index in [4.69, 9.17) is 5.26 Å². The molecule has 0 radical (unpaired) electrons. The van der Waals surface area contributed by atoms with Gasteiger partial charge in [-0.2, -0.15) is 9.83 Å². The SMILES string of the molecule is CCc1cc[n+](CC#N)c(C)c1. The second-order valence-electron chi connectivity index (χ2n) is 2.82. The number of nitriles is 1. The van der Waals surface area contributed by atoms with Crippen LogP contribution in [0.2, 0.25) is 0 Å². The molecule has 0 aliphatic carbocycles. The summed E-state index contributed by atoms with van der Waals surface area (Å²) in [6.45, 7) is 4.59. The van der Waals surface area contributed by atoms with Crippen molar-refractivity contribution < 1.29 is 4.57 Å². The summed E-state index contributed by atoms with van der Waals surface area (Å²) < 4.78 is 1.94. The van der Waals surface area contributed by atoms with E-state index in [1.54, 1.807) is 0 Å². The highest BCUT2D eigenvalue weighted by molar-refractivity contribution is 5.11. The molecule has 0 aromatic carbocycles. The van der Waals surface area contributed by atoms with E-state index < -0.39 is 0 Å². The van der Waals surface area contributed by atoms with Crippen LogP contribution in [-0.2, 0) is 13.0 Å². The maximum Gasteiger partial charge on any atom is 0.234 e. The molecule has 12 heavy (non-hydrogen) atoms. The Morgan fingerprint density at radius 1 is 1.58 bits per heavy atom. The highest BCUT2D eigenvalue weighted by Gasteiger charge is 2.04. The van der Waals surface area contributed by atoms with Crippen LogP contribution < -0.4 is 4.57 Å². The Morgan fingerprint density at radius 2 is 2.33 bits per heavy atom. The van der Waals surface area contributed by atoms with Crippen molar-refractivity contribution in [3.8, 4) is 6.07 Å². The van der Waals surface area contributed by atoms with Gasteiger partial charge in [0.25, 0.3) is 0 Å². The summed E-state index contributed by atoms with van der Waals surface area (Å²) in [6, 6.07) is 6.31. The Hall–Kier alpha value is -1.36. The quantitative estimate of drug-likeness (QED) is 0.602. The van der Waals surface area contributed by atoms with Gasteiger partial charge in [0.2, 0.25) is 6.54 Å². The molecule has 0 spiro atoms. The highest BCUT2D eigenvalue weighted by atomic mass is 14.9. The van der Waals surface area contributed by atoms with Gasteiger partial charge in [-0.3, -0.25) is 0 Å². The monoisotopic (exact) mass is 161 g/mol. The molecule has 0 fully saturated rings. The number of rotatable bonds is 2. The van der Waals surface area contributed by atoms with Gasteiger partial charge in [-0.05, 0) is 12.0 Å². The number of hydrogen-bond donors (Lipinski definition) is 0. The Labute approximate surface area is 73.1 Å². The van der Waals surface area contributed by atoms with Gasteiger partial charge in [-0.25, -0.2) is 0 Å². The summed E-state index contributed by atoms with van der Waals surface area (Å²) in [6.07, 6.45) is 3.02. The van der Waals surface area contributed by atoms with Crippen LogP contribution in [0, 0.1) is 18.3 Å². The lowest BCUT2D eigenvalue weighted by atomic mass is 10.2. The number of pyridine rings is 1. The molecular formula is C10H13N2+. The molecule has 0 unspecified atom stereocenters. The van der Waals surface area contributed by atoms with Crippen molar-refractivity contribution in [1.29, 1.82) is 5.26 Å². The minimum absolute atomic E-state index is 0.440. The average molecular weight is 161 g/mol. The fourth-order valence-electron chi connectivity index (χ4n) is 1.18. The van der Waals surface area contributed by atoms with Crippen molar-refractivity contribution >= 4 is 0 Å². The summed E-state index contributed by atoms with van der Waals surface area (Å²) in [4.78, 5) is 0. The van der Waals surface area contributed by atoms with Gasteiger partial charge in [0, 0.05) is 19.1 Å². The Kier molecular flexibility index (Phi) is 2.82. The molecule has 1 heterocycles. The zero-order valence-corrected chi connectivity index (χ0v) is 7.54. The number of nitrogens with zero attached hydrogens (tertiary/aromatic N) is 2. The molecule has 0 saturated carbocycles. The maximum atomic E-state index is 8.50. The molecule has 0 aliphatic rings. The standard InChI is InChI=1S/C10H13N2/c1-3-10-4-6-12(7-5-11)9(2)8-10/h4,6,8H,3,7H2,1-2H3/q+1. The van der Waals surface area contributed by atoms with Gasteiger partial charge in [0.05, 0.1) is 0 Å². The Bertz CT molecular complexity index is 310. The molecule has 62 valence electrons. The third-order valence-corrected chi connectivity index (χ3v) is 1.97. The molecule has 1 rings (SSSR count). The van der Waals surface area contributed by atoms with Crippen LogP contribution in [0.4, 0.5) is 0 Å². The van der Waals surface area contributed by atoms with Crippen molar-refractivity contribution in [2.45, 2.75) is 26.8 Å². The van der Waals surface area contributed by atoms with Crippen molar-refractivity contribution in [3.63, 3.8) is 0 Å². The van der Waals surface area contributed by atoms with Crippen LogP contribution in [0.1, 0.15) is 18.2 Å². The fourth-order valence-corrected chi connectivity index (χ4v) is 1.18. The Balaban J connectivity index is 2.97. The van der Waals surface area contributed by atoms with Crippen LogP contribution in [0.25, 0.3) is 0 Å². The summed E-state index contributed by atoms with van der Waals surface area (Å²) in [7, 11) is 0. The van der Waals surface area contributed by atoms with Gasteiger partial charge in [0.15, 0.2) is 11.9 Å². The second kappa shape index (κ2) is 3.87. The van der Waals surface area contributed by atoms with Crippen LogP contribution >= 0.6 is 0 Å². The second-order valence-corrected chi connectivity index (χ2v) is 2.82. The predicted molar refractivity (Wildman–Crippen MR) is 46.4 cm³/mol. The van der Waals surface area contributed by atoms with E-state index in [1.165, 1.54) is 5.56 Å². The molecule has 1 aromatic rings. The van der Waals surface area contributed by atoms with Crippen LogP contribution in [-0.4, -0.2) is 0 Å².